The van der Waals surface area contributed by atoms with Gasteiger partial charge >= 0.3 is 0 Å². The molecule has 2 N–H and O–H groups in total. The quantitative estimate of drug-likeness (QED) is 0.642. The number of ether oxygens (including phenoxy) is 1. The maximum atomic E-state index is 10.2. The van der Waals surface area contributed by atoms with Gasteiger partial charge in [-0.05, 0) is 48.6 Å². The Morgan fingerprint density at radius 2 is 2.00 bits per heavy atom. The van der Waals surface area contributed by atoms with Crippen LogP contribution in [-0.4, -0.2) is 11.7 Å². The molecule has 4 rings (SSSR count). The summed E-state index contributed by atoms with van der Waals surface area (Å²) in [5.74, 6) is 2.09. The minimum absolute atomic E-state index is 0.200. The fraction of sp³-hybridized carbons (Fsp3) is 0.300. The summed E-state index contributed by atoms with van der Waals surface area (Å²) in [6, 6.07) is 14.3. The zero-order chi connectivity index (χ0) is 15.8. The van der Waals surface area contributed by atoms with Crippen molar-refractivity contribution in [3.8, 4) is 11.5 Å². The molecule has 0 spiro atoms. The van der Waals surface area contributed by atoms with Crippen LogP contribution in [0.2, 0.25) is 0 Å². The number of phenols is 1. The van der Waals surface area contributed by atoms with Crippen molar-refractivity contribution in [2.75, 3.05) is 11.9 Å². The van der Waals surface area contributed by atoms with Crippen LogP contribution in [0.25, 0.3) is 0 Å². The predicted octanol–water partition coefficient (Wildman–Crippen LogP) is 4.62. The Balaban J connectivity index is 1.71. The minimum atomic E-state index is 0.200. The predicted molar refractivity (Wildman–Crippen MR) is 92.1 cm³/mol. The van der Waals surface area contributed by atoms with Gasteiger partial charge in [-0.2, -0.15) is 0 Å². The molecule has 23 heavy (non-hydrogen) atoms. The summed E-state index contributed by atoms with van der Waals surface area (Å²) in [7, 11) is 0. The lowest BCUT2D eigenvalue weighted by Gasteiger charge is -2.37. The van der Waals surface area contributed by atoms with E-state index in [2.05, 4.69) is 35.7 Å². The van der Waals surface area contributed by atoms with Crippen molar-refractivity contribution in [1.82, 2.24) is 0 Å². The largest absolute Gasteiger partial charge is 0.506 e. The molecule has 3 unspecified atom stereocenters. The van der Waals surface area contributed by atoms with Gasteiger partial charge in [-0.3, -0.25) is 0 Å². The number of aromatic hydroxyl groups is 1. The third-order valence-corrected chi connectivity index (χ3v) is 4.92. The van der Waals surface area contributed by atoms with E-state index in [-0.39, 0.29) is 6.04 Å². The van der Waals surface area contributed by atoms with Crippen LogP contribution in [0.15, 0.2) is 54.6 Å². The van der Waals surface area contributed by atoms with Gasteiger partial charge in [0.2, 0.25) is 0 Å². The molecule has 2 aliphatic rings. The van der Waals surface area contributed by atoms with E-state index in [4.69, 9.17) is 4.74 Å². The first-order chi connectivity index (χ1) is 11.3. The Bertz CT molecular complexity index is 736. The molecule has 118 valence electrons. The summed E-state index contributed by atoms with van der Waals surface area (Å²) >= 11 is 0. The lowest BCUT2D eigenvalue weighted by molar-refractivity contribution is 0.340. The monoisotopic (exact) mass is 307 g/mol. The molecule has 3 heteroatoms. The fourth-order valence-corrected chi connectivity index (χ4v) is 3.87. The van der Waals surface area contributed by atoms with Crippen molar-refractivity contribution in [1.29, 1.82) is 0 Å². The van der Waals surface area contributed by atoms with Crippen molar-refractivity contribution >= 4 is 5.69 Å². The minimum Gasteiger partial charge on any atom is -0.506 e. The van der Waals surface area contributed by atoms with Crippen LogP contribution >= 0.6 is 0 Å². The molecule has 0 bridgehead atoms. The van der Waals surface area contributed by atoms with E-state index in [1.807, 2.05) is 25.1 Å². The number of rotatable bonds is 3. The molecule has 1 aliphatic heterocycles. The maximum Gasteiger partial charge on any atom is 0.138 e. The fourth-order valence-electron chi connectivity index (χ4n) is 3.87. The molecule has 2 aromatic carbocycles. The number of hydrogen-bond donors (Lipinski definition) is 2. The highest BCUT2D eigenvalue weighted by molar-refractivity contribution is 5.67. The summed E-state index contributed by atoms with van der Waals surface area (Å²) in [6.07, 6.45) is 5.60. The van der Waals surface area contributed by atoms with Crippen LogP contribution in [-0.2, 0) is 0 Å². The van der Waals surface area contributed by atoms with Crippen LogP contribution in [0.1, 0.15) is 36.4 Å². The lowest BCUT2D eigenvalue weighted by Crippen LogP contribution is -2.29. The van der Waals surface area contributed by atoms with Crippen molar-refractivity contribution in [2.45, 2.75) is 25.3 Å². The molecular formula is C20H21NO2. The molecule has 0 saturated carbocycles. The summed E-state index contributed by atoms with van der Waals surface area (Å²) in [4.78, 5) is 0. The van der Waals surface area contributed by atoms with Gasteiger partial charge in [0, 0.05) is 5.92 Å². The van der Waals surface area contributed by atoms with Gasteiger partial charge in [0.05, 0.1) is 18.3 Å². The van der Waals surface area contributed by atoms with Crippen molar-refractivity contribution in [3.05, 3.63) is 65.7 Å². The smallest absolute Gasteiger partial charge is 0.138 e. The highest BCUT2D eigenvalue weighted by Gasteiger charge is 2.38. The van der Waals surface area contributed by atoms with Gasteiger partial charge in [0.15, 0.2) is 0 Å². The van der Waals surface area contributed by atoms with Crippen LogP contribution in [0.5, 0.6) is 11.5 Å². The zero-order valence-electron chi connectivity index (χ0n) is 13.2. The molecule has 1 heterocycles. The highest BCUT2D eigenvalue weighted by atomic mass is 16.5. The van der Waals surface area contributed by atoms with Crippen LogP contribution in [0.4, 0.5) is 5.69 Å². The second kappa shape index (κ2) is 5.65. The molecule has 1 aliphatic carbocycles. The molecule has 2 aromatic rings. The van der Waals surface area contributed by atoms with Crippen molar-refractivity contribution in [2.24, 2.45) is 5.92 Å². The van der Waals surface area contributed by atoms with E-state index < -0.39 is 0 Å². The topological polar surface area (TPSA) is 41.5 Å². The number of para-hydroxylation sites is 1. The van der Waals surface area contributed by atoms with E-state index in [9.17, 15) is 5.11 Å². The number of benzene rings is 2. The van der Waals surface area contributed by atoms with E-state index >= 15 is 0 Å². The van der Waals surface area contributed by atoms with E-state index in [0.717, 1.165) is 17.9 Å². The summed E-state index contributed by atoms with van der Waals surface area (Å²) in [5.41, 5.74) is 3.31. The summed E-state index contributed by atoms with van der Waals surface area (Å²) in [5, 5.41) is 13.8. The van der Waals surface area contributed by atoms with Crippen LogP contribution < -0.4 is 10.1 Å². The Morgan fingerprint density at radius 1 is 1.17 bits per heavy atom. The second-order valence-corrected chi connectivity index (χ2v) is 6.22. The van der Waals surface area contributed by atoms with Crippen molar-refractivity contribution in [3.63, 3.8) is 0 Å². The molecule has 3 atom stereocenters. The van der Waals surface area contributed by atoms with E-state index in [1.165, 1.54) is 11.1 Å². The molecule has 3 nitrogen and oxygen atoms in total. The molecule has 0 amide bonds. The Kier molecular flexibility index (Phi) is 3.49. The highest BCUT2D eigenvalue weighted by Crippen LogP contribution is 2.51. The van der Waals surface area contributed by atoms with E-state index in [1.54, 1.807) is 6.07 Å². The summed E-state index contributed by atoms with van der Waals surface area (Å²) < 4.78 is 5.54. The number of phenolic OH excluding ortho intramolecular Hbond substituents is 1. The first kappa shape index (κ1) is 14.2. The summed E-state index contributed by atoms with van der Waals surface area (Å²) in [6.45, 7) is 2.67. The standard InChI is InChI=1S/C20H21NO2/c1-2-23-14-11-9-13(10-12-14)19-16-6-3-5-15(16)17-7-4-8-18(22)20(17)21-19/h3-5,7-12,15-16,19,21-22H,2,6H2,1H3. The number of allylic oxidation sites excluding steroid dienone is 2. The van der Waals surface area contributed by atoms with Gasteiger partial charge in [0.25, 0.3) is 0 Å². The molecule has 0 fully saturated rings. The third-order valence-electron chi connectivity index (χ3n) is 4.92. The molecule has 0 aromatic heterocycles. The van der Waals surface area contributed by atoms with Gasteiger partial charge in [-0.25, -0.2) is 0 Å². The zero-order valence-corrected chi connectivity index (χ0v) is 13.2. The average Bonchev–Trinajstić information content (AvgIpc) is 3.06. The normalized spacial score (nSPS) is 24.7. The number of fused-ring (bicyclic) bond motifs is 3. The lowest BCUT2D eigenvalue weighted by atomic mass is 9.77. The Morgan fingerprint density at radius 3 is 2.78 bits per heavy atom. The second-order valence-electron chi connectivity index (χ2n) is 6.22. The van der Waals surface area contributed by atoms with Gasteiger partial charge < -0.3 is 15.2 Å². The van der Waals surface area contributed by atoms with E-state index in [0.29, 0.717) is 24.2 Å². The number of anilines is 1. The number of nitrogens with one attached hydrogen (secondary N) is 1. The third kappa shape index (κ3) is 2.37. The van der Waals surface area contributed by atoms with Crippen LogP contribution in [0, 0.1) is 5.92 Å². The Hall–Kier alpha value is -2.42. The number of hydrogen-bond acceptors (Lipinski definition) is 3. The molecule has 0 saturated heterocycles. The first-order valence-electron chi connectivity index (χ1n) is 8.25. The average molecular weight is 307 g/mol. The Labute approximate surface area is 136 Å². The van der Waals surface area contributed by atoms with Gasteiger partial charge in [-0.1, -0.05) is 36.4 Å². The maximum absolute atomic E-state index is 10.2. The van der Waals surface area contributed by atoms with Gasteiger partial charge in [0.1, 0.15) is 11.5 Å². The molecular weight excluding hydrogens is 286 g/mol. The molecule has 0 radical (unpaired) electrons. The SMILES string of the molecule is CCOc1ccc(C2Nc3c(O)cccc3C3C=CCC32)cc1. The first-order valence-corrected chi connectivity index (χ1v) is 8.25. The van der Waals surface area contributed by atoms with Crippen LogP contribution in [0.3, 0.4) is 0 Å². The van der Waals surface area contributed by atoms with Crippen molar-refractivity contribution < 1.29 is 9.84 Å². The van der Waals surface area contributed by atoms with Gasteiger partial charge in [-0.15, -0.1) is 0 Å².